The summed E-state index contributed by atoms with van der Waals surface area (Å²) < 4.78 is 0. The van der Waals surface area contributed by atoms with Gasteiger partial charge in [0, 0.05) is 5.39 Å². The Morgan fingerprint density at radius 3 is 2.32 bits per heavy atom. The highest BCUT2D eigenvalue weighted by atomic mass is 16.3. The fourth-order valence-corrected chi connectivity index (χ4v) is 2.44. The second-order valence-corrected chi connectivity index (χ2v) is 5.30. The highest BCUT2D eigenvalue weighted by Crippen LogP contribution is 2.38. The van der Waals surface area contributed by atoms with Gasteiger partial charge in [-0.15, -0.1) is 10.2 Å². The van der Waals surface area contributed by atoms with Crippen molar-refractivity contribution in [3.63, 3.8) is 0 Å². The van der Waals surface area contributed by atoms with Crippen LogP contribution in [0.3, 0.4) is 0 Å². The molecule has 22 heavy (non-hydrogen) atoms. The summed E-state index contributed by atoms with van der Waals surface area (Å²) in [7, 11) is 0. The van der Waals surface area contributed by atoms with Gasteiger partial charge in [-0.3, -0.25) is 0 Å². The van der Waals surface area contributed by atoms with Crippen LogP contribution in [0.2, 0.25) is 0 Å². The van der Waals surface area contributed by atoms with Crippen LogP contribution < -0.4 is 0 Å². The number of phenolic OH excluding ortho intramolecular Hbond substituents is 2. The van der Waals surface area contributed by atoms with E-state index in [1.807, 2.05) is 44.2 Å². The van der Waals surface area contributed by atoms with E-state index in [9.17, 15) is 10.2 Å². The van der Waals surface area contributed by atoms with E-state index in [1.165, 1.54) is 0 Å². The molecule has 4 nitrogen and oxygen atoms in total. The van der Waals surface area contributed by atoms with E-state index in [1.54, 1.807) is 18.2 Å². The Bertz CT molecular complexity index is 886. The van der Waals surface area contributed by atoms with Crippen molar-refractivity contribution < 1.29 is 10.2 Å². The minimum atomic E-state index is 0.0696. The minimum absolute atomic E-state index is 0.0696. The zero-order chi connectivity index (χ0) is 15.7. The number of phenols is 2. The van der Waals surface area contributed by atoms with Crippen molar-refractivity contribution >= 4 is 22.1 Å². The first-order chi connectivity index (χ1) is 10.6. The first-order valence-electron chi connectivity index (χ1n) is 6.99. The molecule has 0 saturated heterocycles. The molecule has 0 aromatic heterocycles. The highest BCUT2D eigenvalue weighted by Gasteiger charge is 2.08. The monoisotopic (exact) mass is 292 g/mol. The van der Waals surface area contributed by atoms with Crippen LogP contribution in [0.15, 0.2) is 58.8 Å². The van der Waals surface area contributed by atoms with E-state index in [4.69, 9.17) is 0 Å². The molecule has 0 amide bonds. The molecule has 3 aromatic carbocycles. The normalized spacial score (nSPS) is 11.4. The predicted octanol–water partition coefficient (Wildman–Crippen LogP) is 5.28. The molecule has 0 aliphatic heterocycles. The van der Waals surface area contributed by atoms with Gasteiger partial charge in [0.25, 0.3) is 0 Å². The van der Waals surface area contributed by atoms with Crippen molar-refractivity contribution in [1.29, 1.82) is 0 Å². The predicted molar refractivity (Wildman–Crippen MR) is 87.4 cm³/mol. The van der Waals surface area contributed by atoms with Crippen LogP contribution in [0, 0.1) is 13.8 Å². The standard InChI is InChI=1S/C18H16N2O2/c1-11-6-8-14(16(21)10-11)19-20-15-9-7-13-5-3-4-12(2)17(13)18(15)22/h3-10,21-22H,1-2H3. The average molecular weight is 292 g/mol. The number of aromatic hydroxyl groups is 2. The lowest BCUT2D eigenvalue weighted by molar-refractivity contribution is 0.475. The number of nitrogens with zero attached hydrogens (tertiary/aromatic N) is 2. The molecule has 0 spiro atoms. The van der Waals surface area contributed by atoms with E-state index in [2.05, 4.69) is 10.2 Å². The summed E-state index contributed by atoms with van der Waals surface area (Å²) in [6.07, 6.45) is 0. The molecule has 0 unspecified atom stereocenters. The lowest BCUT2D eigenvalue weighted by Crippen LogP contribution is -1.79. The molecule has 3 rings (SSSR count). The van der Waals surface area contributed by atoms with E-state index < -0.39 is 0 Å². The fraction of sp³-hybridized carbons (Fsp3) is 0.111. The Morgan fingerprint density at radius 1 is 0.818 bits per heavy atom. The number of hydrogen-bond donors (Lipinski definition) is 2. The van der Waals surface area contributed by atoms with Gasteiger partial charge in [0.1, 0.15) is 17.1 Å². The van der Waals surface area contributed by atoms with E-state index in [0.29, 0.717) is 11.4 Å². The van der Waals surface area contributed by atoms with Crippen LogP contribution in [-0.2, 0) is 0 Å². The number of rotatable bonds is 2. The summed E-state index contributed by atoms with van der Waals surface area (Å²) in [6.45, 7) is 3.83. The van der Waals surface area contributed by atoms with Crippen LogP contribution >= 0.6 is 0 Å². The summed E-state index contributed by atoms with van der Waals surface area (Å²) in [6, 6.07) is 14.6. The van der Waals surface area contributed by atoms with E-state index in [-0.39, 0.29) is 11.5 Å². The molecule has 0 atom stereocenters. The molecule has 0 bridgehead atoms. The third-order valence-electron chi connectivity index (χ3n) is 3.60. The lowest BCUT2D eigenvalue weighted by atomic mass is 10.0. The van der Waals surface area contributed by atoms with Crippen molar-refractivity contribution in [3.8, 4) is 11.5 Å². The lowest BCUT2D eigenvalue weighted by Gasteiger charge is -2.06. The maximum absolute atomic E-state index is 10.4. The molecule has 0 fully saturated rings. The van der Waals surface area contributed by atoms with Gasteiger partial charge in [0.2, 0.25) is 0 Å². The van der Waals surface area contributed by atoms with Gasteiger partial charge in [-0.25, -0.2) is 0 Å². The Morgan fingerprint density at radius 2 is 1.55 bits per heavy atom. The zero-order valence-electron chi connectivity index (χ0n) is 12.4. The van der Waals surface area contributed by atoms with Crippen molar-refractivity contribution in [1.82, 2.24) is 0 Å². The minimum Gasteiger partial charge on any atom is -0.506 e. The van der Waals surface area contributed by atoms with Gasteiger partial charge < -0.3 is 10.2 Å². The molecule has 0 heterocycles. The molecule has 2 N–H and O–H groups in total. The summed E-state index contributed by atoms with van der Waals surface area (Å²) in [5.74, 6) is 0.172. The molecule has 3 aromatic rings. The second kappa shape index (κ2) is 5.48. The third kappa shape index (κ3) is 2.51. The number of hydrogen-bond acceptors (Lipinski definition) is 4. The van der Waals surface area contributed by atoms with E-state index >= 15 is 0 Å². The topological polar surface area (TPSA) is 65.2 Å². The number of aryl methyl sites for hydroxylation is 2. The van der Waals surface area contributed by atoms with Gasteiger partial charge in [-0.05, 0) is 48.6 Å². The molecule has 0 aliphatic rings. The molecule has 0 aliphatic carbocycles. The molecule has 0 saturated carbocycles. The van der Waals surface area contributed by atoms with Crippen LogP contribution in [0.25, 0.3) is 10.8 Å². The Kier molecular flexibility index (Phi) is 3.51. The molecular weight excluding hydrogens is 276 g/mol. The maximum atomic E-state index is 10.4. The summed E-state index contributed by atoms with van der Waals surface area (Å²) in [4.78, 5) is 0. The third-order valence-corrected chi connectivity index (χ3v) is 3.60. The Labute approximate surface area is 128 Å². The van der Waals surface area contributed by atoms with Gasteiger partial charge in [0.15, 0.2) is 5.75 Å². The quantitative estimate of drug-likeness (QED) is 0.631. The smallest absolute Gasteiger partial charge is 0.151 e. The molecule has 0 radical (unpaired) electrons. The van der Waals surface area contributed by atoms with Crippen molar-refractivity contribution in [3.05, 3.63) is 59.7 Å². The van der Waals surface area contributed by atoms with Crippen LogP contribution in [0.5, 0.6) is 11.5 Å². The maximum Gasteiger partial charge on any atom is 0.151 e. The highest BCUT2D eigenvalue weighted by molar-refractivity contribution is 5.94. The Hall–Kier alpha value is -2.88. The number of azo groups is 1. The van der Waals surface area contributed by atoms with Gasteiger partial charge >= 0.3 is 0 Å². The van der Waals surface area contributed by atoms with Crippen LogP contribution in [-0.4, -0.2) is 10.2 Å². The average Bonchev–Trinajstić information content (AvgIpc) is 2.48. The second-order valence-electron chi connectivity index (χ2n) is 5.30. The van der Waals surface area contributed by atoms with Crippen LogP contribution in [0.4, 0.5) is 11.4 Å². The van der Waals surface area contributed by atoms with Gasteiger partial charge in [-0.1, -0.05) is 30.3 Å². The summed E-state index contributed by atoms with van der Waals surface area (Å²) >= 11 is 0. The number of benzene rings is 3. The first-order valence-corrected chi connectivity index (χ1v) is 6.99. The van der Waals surface area contributed by atoms with Crippen molar-refractivity contribution in [2.24, 2.45) is 10.2 Å². The number of fused-ring (bicyclic) bond motifs is 1. The van der Waals surface area contributed by atoms with Gasteiger partial charge in [0.05, 0.1) is 0 Å². The zero-order valence-corrected chi connectivity index (χ0v) is 12.4. The van der Waals surface area contributed by atoms with Crippen molar-refractivity contribution in [2.45, 2.75) is 13.8 Å². The van der Waals surface area contributed by atoms with Gasteiger partial charge in [-0.2, -0.15) is 0 Å². The largest absolute Gasteiger partial charge is 0.506 e. The molecular formula is C18H16N2O2. The molecule has 4 heteroatoms. The van der Waals surface area contributed by atoms with E-state index in [0.717, 1.165) is 21.9 Å². The summed E-state index contributed by atoms with van der Waals surface area (Å²) in [5, 5.41) is 30.1. The Balaban J connectivity index is 2.05. The first kappa shape index (κ1) is 14.1. The fourth-order valence-electron chi connectivity index (χ4n) is 2.44. The summed E-state index contributed by atoms with van der Waals surface area (Å²) in [5.41, 5.74) is 2.67. The van der Waals surface area contributed by atoms with Crippen molar-refractivity contribution in [2.75, 3.05) is 0 Å². The molecule has 110 valence electrons. The van der Waals surface area contributed by atoms with Crippen LogP contribution in [0.1, 0.15) is 11.1 Å². The SMILES string of the molecule is Cc1ccc(N=Nc2ccc3cccc(C)c3c2O)c(O)c1.